The van der Waals surface area contributed by atoms with E-state index in [2.05, 4.69) is 19.1 Å². The van der Waals surface area contributed by atoms with Gasteiger partial charge < -0.3 is 10.6 Å². The average molecular weight is 350 g/mol. The highest BCUT2D eigenvalue weighted by molar-refractivity contribution is 5.92. The lowest BCUT2D eigenvalue weighted by molar-refractivity contribution is -0.130. The van der Waals surface area contributed by atoms with Crippen LogP contribution >= 0.6 is 0 Å². The van der Waals surface area contributed by atoms with Crippen molar-refractivity contribution in [2.45, 2.75) is 32.6 Å². The molecular weight excluding hydrogens is 324 g/mol. The van der Waals surface area contributed by atoms with E-state index in [-0.39, 0.29) is 5.91 Å². The molecule has 0 bridgehead atoms. The van der Waals surface area contributed by atoms with Crippen molar-refractivity contribution in [1.29, 1.82) is 0 Å². The van der Waals surface area contributed by atoms with Crippen molar-refractivity contribution >= 4 is 11.8 Å². The second-order valence-electron chi connectivity index (χ2n) is 7.19. The van der Waals surface area contributed by atoms with Crippen LogP contribution in [0.15, 0.2) is 48.5 Å². The van der Waals surface area contributed by atoms with E-state index < -0.39 is 5.91 Å². The first kappa shape index (κ1) is 18.2. The van der Waals surface area contributed by atoms with Crippen LogP contribution in [0.4, 0.5) is 0 Å². The third-order valence-electron chi connectivity index (χ3n) is 5.24. The van der Waals surface area contributed by atoms with Gasteiger partial charge in [-0.05, 0) is 60.9 Å². The molecule has 2 N–H and O–H groups in total. The summed E-state index contributed by atoms with van der Waals surface area (Å²) in [6.45, 7) is 3.71. The summed E-state index contributed by atoms with van der Waals surface area (Å²) in [6, 6.07) is 15.7. The Labute approximate surface area is 155 Å². The topological polar surface area (TPSA) is 63.4 Å². The number of aryl methyl sites for hydroxylation is 2. The normalized spacial score (nSPS) is 16.7. The van der Waals surface area contributed by atoms with Crippen LogP contribution in [0, 0.1) is 12.8 Å². The van der Waals surface area contributed by atoms with Crippen LogP contribution in [0.5, 0.6) is 0 Å². The van der Waals surface area contributed by atoms with Crippen molar-refractivity contribution in [3.63, 3.8) is 0 Å². The Hall–Kier alpha value is -2.62. The van der Waals surface area contributed by atoms with Crippen LogP contribution in [0.25, 0.3) is 0 Å². The van der Waals surface area contributed by atoms with Crippen molar-refractivity contribution in [3.8, 4) is 0 Å². The van der Waals surface area contributed by atoms with Crippen molar-refractivity contribution in [3.05, 3.63) is 70.8 Å². The molecule has 2 amide bonds. The molecule has 0 aromatic heterocycles. The van der Waals surface area contributed by atoms with E-state index in [9.17, 15) is 9.59 Å². The lowest BCUT2D eigenvalue weighted by atomic mass is 9.97. The van der Waals surface area contributed by atoms with Crippen molar-refractivity contribution in [2.75, 3.05) is 13.1 Å². The molecule has 0 saturated carbocycles. The smallest absolute Gasteiger partial charge is 0.248 e. The molecule has 0 unspecified atom stereocenters. The number of carbonyl (C=O) groups excluding carboxylic acids is 2. The van der Waals surface area contributed by atoms with Crippen LogP contribution in [0.3, 0.4) is 0 Å². The van der Waals surface area contributed by atoms with Gasteiger partial charge in [-0.15, -0.1) is 0 Å². The molecule has 1 aliphatic heterocycles. The second kappa shape index (κ2) is 8.17. The highest BCUT2D eigenvalue weighted by atomic mass is 16.2. The number of carbonyl (C=O) groups is 2. The van der Waals surface area contributed by atoms with E-state index in [4.69, 9.17) is 5.73 Å². The molecule has 1 aliphatic rings. The van der Waals surface area contributed by atoms with E-state index in [0.717, 1.165) is 37.9 Å². The number of benzene rings is 2. The Kier molecular flexibility index (Phi) is 5.71. The number of likely N-dealkylation sites (tertiary alicyclic amines) is 1. The van der Waals surface area contributed by atoms with Gasteiger partial charge in [0.05, 0.1) is 0 Å². The lowest BCUT2D eigenvalue weighted by Crippen LogP contribution is -2.29. The quantitative estimate of drug-likeness (QED) is 0.870. The highest BCUT2D eigenvalue weighted by Crippen LogP contribution is 2.22. The van der Waals surface area contributed by atoms with Gasteiger partial charge in [0, 0.05) is 25.1 Å². The number of rotatable bonds is 6. The molecule has 1 heterocycles. The summed E-state index contributed by atoms with van der Waals surface area (Å²) in [6.07, 6.45) is 3.25. The third kappa shape index (κ3) is 4.51. The lowest BCUT2D eigenvalue weighted by Gasteiger charge is -2.17. The molecule has 4 nitrogen and oxygen atoms in total. The van der Waals surface area contributed by atoms with Crippen LogP contribution < -0.4 is 5.73 Å². The van der Waals surface area contributed by atoms with Crippen LogP contribution in [-0.2, 0) is 17.6 Å². The minimum Gasteiger partial charge on any atom is -0.366 e. The van der Waals surface area contributed by atoms with Gasteiger partial charge in [0.25, 0.3) is 0 Å². The molecule has 26 heavy (non-hydrogen) atoms. The number of nitrogens with zero attached hydrogens (tertiary/aromatic N) is 1. The fourth-order valence-corrected chi connectivity index (χ4v) is 3.70. The highest BCUT2D eigenvalue weighted by Gasteiger charge is 2.26. The number of nitrogens with two attached hydrogens (primary N) is 1. The van der Waals surface area contributed by atoms with E-state index in [1.54, 1.807) is 6.07 Å². The maximum atomic E-state index is 12.5. The molecule has 136 valence electrons. The van der Waals surface area contributed by atoms with Gasteiger partial charge in [-0.25, -0.2) is 0 Å². The van der Waals surface area contributed by atoms with Crippen molar-refractivity contribution < 1.29 is 9.59 Å². The molecule has 0 spiro atoms. The first-order chi connectivity index (χ1) is 12.5. The van der Waals surface area contributed by atoms with Crippen molar-refractivity contribution in [1.82, 2.24) is 4.90 Å². The van der Waals surface area contributed by atoms with Crippen molar-refractivity contribution in [2.24, 2.45) is 11.7 Å². The Morgan fingerprint density at radius 1 is 1.15 bits per heavy atom. The van der Waals surface area contributed by atoms with Gasteiger partial charge in [0.15, 0.2) is 0 Å². The van der Waals surface area contributed by atoms with Gasteiger partial charge in [-0.2, -0.15) is 0 Å². The number of hydrogen-bond donors (Lipinski definition) is 1. The summed E-state index contributed by atoms with van der Waals surface area (Å²) in [4.78, 5) is 25.8. The van der Waals surface area contributed by atoms with Crippen LogP contribution in [0.2, 0.25) is 0 Å². The number of hydrogen-bond acceptors (Lipinski definition) is 2. The first-order valence-corrected chi connectivity index (χ1v) is 9.24. The minimum absolute atomic E-state index is 0.238. The molecule has 2 aromatic carbocycles. The van der Waals surface area contributed by atoms with Gasteiger partial charge in [-0.1, -0.05) is 36.4 Å². The maximum absolute atomic E-state index is 12.5. The van der Waals surface area contributed by atoms with E-state index >= 15 is 0 Å². The molecular formula is C22H26N2O2. The Balaban J connectivity index is 1.52. The summed E-state index contributed by atoms with van der Waals surface area (Å²) < 4.78 is 0. The first-order valence-electron chi connectivity index (χ1n) is 9.24. The monoisotopic (exact) mass is 350 g/mol. The summed E-state index contributed by atoms with van der Waals surface area (Å²) in [7, 11) is 0. The summed E-state index contributed by atoms with van der Waals surface area (Å²) >= 11 is 0. The average Bonchev–Trinajstić information content (AvgIpc) is 3.09. The Bertz CT molecular complexity index is 800. The Morgan fingerprint density at radius 3 is 2.73 bits per heavy atom. The molecule has 3 rings (SSSR count). The predicted octanol–water partition coefficient (Wildman–Crippen LogP) is 3.12. The van der Waals surface area contributed by atoms with Crippen LogP contribution in [0.1, 0.15) is 39.9 Å². The largest absolute Gasteiger partial charge is 0.366 e. The molecule has 0 aliphatic carbocycles. The molecule has 4 heteroatoms. The minimum atomic E-state index is -0.397. The summed E-state index contributed by atoms with van der Waals surface area (Å²) in [5.41, 5.74) is 9.51. The SMILES string of the molecule is Cc1ccccc1CCC(=O)N1CC[C@H](Cc2cccc(C(N)=O)c2)C1. The maximum Gasteiger partial charge on any atom is 0.248 e. The Morgan fingerprint density at radius 2 is 1.96 bits per heavy atom. The molecule has 1 atom stereocenters. The molecule has 0 radical (unpaired) electrons. The fraction of sp³-hybridized carbons (Fsp3) is 0.364. The van der Waals surface area contributed by atoms with Gasteiger partial charge in [0.2, 0.25) is 11.8 Å². The second-order valence-corrected chi connectivity index (χ2v) is 7.19. The molecule has 2 aromatic rings. The van der Waals surface area contributed by atoms with Gasteiger partial charge >= 0.3 is 0 Å². The van der Waals surface area contributed by atoms with E-state index in [1.807, 2.05) is 35.2 Å². The fourth-order valence-electron chi connectivity index (χ4n) is 3.70. The zero-order valence-corrected chi connectivity index (χ0v) is 15.3. The zero-order chi connectivity index (χ0) is 18.5. The third-order valence-corrected chi connectivity index (χ3v) is 5.24. The van der Waals surface area contributed by atoms with E-state index in [1.165, 1.54) is 11.1 Å². The molecule has 1 fully saturated rings. The number of primary amides is 1. The van der Waals surface area contributed by atoms with Gasteiger partial charge in [-0.3, -0.25) is 9.59 Å². The summed E-state index contributed by atoms with van der Waals surface area (Å²) in [5.74, 6) is 0.286. The zero-order valence-electron chi connectivity index (χ0n) is 15.3. The molecule has 1 saturated heterocycles. The number of amides is 2. The summed E-state index contributed by atoms with van der Waals surface area (Å²) in [5, 5.41) is 0. The van der Waals surface area contributed by atoms with Gasteiger partial charge in [0.1, 0.15) is 0 Å². The van der Waals surface area contributed by atoms with Crippen LogP contribution in [-0.4, -0.2) is 29.8 Å². The predicted molar refractivity (Wildman–Crippen MR) is 103 cm³/mol. The standard InChI is InChI=1S/C22H26N2O2/c1-16-5-2-3-7-19(16)9-10-21(25)24-12-11-18(15-24)13-17-6-4-8-20(14-17)22(23)26/h2-8,14,18H,9-13,15H2,1H3,(H2,23,26)/t18-/m1/s1. The van der Waals surface area contributed by atoms with E-state index in [0.29, 0.717) is 17.9 Å².